The maximum atomic E-state index is 12.6. The summed E-state index contributed by atoms with van der Waals surface area (Å²) in [4.78, 5) is 37.8. The lowest BCUT2D eigenvalue weighted by molar-refractivity contribution is -0.118. The predicted molar refractivity (Wildman–Crippen MR) is 120 cm³/mol. The first kappa shape index (κ1) is 24.7. The topological polar surface area (TPSA) is 90.9 Å². The smallest absolute Gasteiger partial charge is 0.348 e. The molecular weight excluding hydrogens is 442 g/mol. The maximum absolute atomic E-state index is 12.6. The Kier molecular flexibility index (Phi) is 8.47. The van der Waals surface area contributed by atoms with E-state index in [-0.39, 0.29) is 34.3 Å². The molecule has 7 nitrogen and oxygen atoms in total. The summed E-state index contributed by atoms with van der Waals surface area (Å²) in [6.45, 7) is 10.0. The van der Waals surface area contributed by atoms with Gasteiger partial charge < -0.3 is 19.5 Å². The van der Waals surface area contributed by atoms with Crippen LogP contribution in [-0.4, -0.2) is 36.7 Å². The molecule has 168 valence electrons. The van der Waals surface area contributed by atoms with Gasteiger partial charge in [0.1, 0.15) is 15.6 Å². The Balaban J connectivity index is 2.24. The van der Waals surface area contributed by atoms with Crippen molar-refractivity contribution in [3.8, 4) is 5.75 Å². The van der Waals surface area contributed by atoms with Gasteiger partial charge in [0.15, 0.2) is 6.61 Å². The fourth-order valence-electron chi connectivity index (χ4n) is 2.66. The number of benzene rings is 1. The molecule has 9 heteroatoms. The summed E-state index contributed by atoms with van der Waals surface area (Å²) in [7, 11) is 0. The first-order valence-electron chi connectivity index (χ1n) is 9.73. The lowest BCUT2D eigenvalue weighted by Gasteiger charge is -2.11. The van der Waals surface area contributed by atoms with E-state index in [4.69, 9.17) is 25.8 Å². The Hall–Kier alpha value is -2.58. The molecule has 0 unspecified atom stereocenters. The quantitative estimate of drug-likeness (QED) is 0.539. The van der Waals surface area contributed by atoms with Crippen molar-refractivity contribution in [1.29, 1.82) is 0 Å². The highest BCUT2D eigenvalue weighted by atomic mass is 35.5. The summed E-state index contributed by atoms with van der Waals surface area (Å²) in [5.74, 6) is -1.16. The van der Waals surface area contributed by atoms with Gasteiger partial charge in [0.05, 0.1) is 17.8 Å². The lowest BCUT2D eigenvalue weighted by atomic mass is 10.1. The highest BCUT2D eigenvalue weighted by Gasteiger charge is 2.28. The van der Waals surface area contributed by atoms with E-state index in [9.17, 15) is 14.4 Å². The SMILES string of the molecule is Cc1cc(Cl)ccc1OCC(=O)Nc1sc(C(=O)OC(C)C)c(C)c1C(=O)OC(C)C. The minimum absolute atomic E-state index is 0.130. The number of amides is 1. The van der Waals surface area contributed by atoms with Crippen LogP contribution in [0, 0.1) is 13.8 Å². The minimum atomic E-state index is -0.628. The fourth-order valence-corrected chi connectivity index (χ4v) is 3.98. The van der Waals surface area contributed by atoms with Crippen molar-refractivity contribution in [2.75, 3.05) is 11.9 Å². The van der Waals surface area contributed by atoms with Crippen molar-refractivity contribution in [3.05, 3.63) is 44.8 Å². The number of halogens is 1. The number of rotatable bonds is 8. The number of hydrogen-bond acceptors (Lipinski definition) is 7. The predicted octanol–water partition coefficient (Wildman–Crippen LogP) is 5.17. The summed E-state index contributed by atoms with van der Waals surface area (Å²) in [5.41, 5.74) is 1.31. The molecule has 2 rings (SSSR count). The average molecular weight is 468 g/mol. The van der Waals surface area contributed by atoms with E-state index in [1.807, 2.05) is 6.92 Å². The number of aryl methyl sites for hydroxylation is 1. The van der Waals surface area contributed by atoms with Gasteiger partial charge in [-0.25, -0.2) is 9.59 Å². The number of anilines is 1. The highest BCUT2D eigenvalue weighted by Crippen LogP contribution is 2.35. The highest BCUT2D eigenvalue weighted by molar-refractivity contribution is 7.18. The Labute approximate surface area is 190 Å². The fraction of sp³-hybridized carbons (Fsp3) is 0.409. The van der Waals surface area contributed by atoms with Gasteiger partial charge in [0.25, 0.3) is 5.91 Å². The number of carbonyl (C=O) groups is 3. The zero-order valence-corrected chi connectivity index (χ0v) is 19.9. The van der Waals surface area contributed by atoms with Gasteiger partial charge in [-0.3, -0.25) is 4.79 Å². The largest absolute Gasteiger partial charge is 0.483 e. The standard InChI is InChI=1S/C22H26ClNO6S/c1-11(2)29-21(26)18-14(6)19(22(27)30-12(3)4)31-20(18)24-17(25)10-28-16-8-7-15(23)9-13(16)5/h7-9,11-12H,10H2,1-6H3,(H,24,25). The van der Waals surface area contributed by atoms with Gasteiger partial charge in [-0.1, -0.05) is 11.6 Å². The third-order valence-electron chi connectivity index (χ3n) is 3.97. The second kappa shape index (κ2) is 10.6. The van der Waals surface area contributed by atoms with Crippen molar-refractivity contribution in [2.24, 2.45) is 0 Å². The van der Waals surface area contributed by atoms with Crippen LogP contribution in [0.5, 0.6) is 5.75 Å². The molecule has 0 aliphatic heterocycles. The Bertz CT molecular complexity index is 983. The van der Waals surface area contributed by atoms with Crippen LogP contribution < -0.4 is 10.1 Å². The van der Waals surface area contributed by atoms with Crippen molar-refractivity contribution in [2.45, 2.75) is 53.8 Å². The second-order valence-corrected chi connectivity index (χ2v) is 8.87. The van der Waals surface area contributed by atoms with Gasteiger partial charge in [0, 0.05) is 5.02 Å². The molecular formula is C22H26ClNO6S. The van der Waals surface area contributed by atoms with Crippen molar-refractivity contribution < 1.29 is 28.6 Å². The van der Waals surface area contributed by atoms with Gasteiger partial charge in [-0.2, -0.15) is 0 Å². The first-order valence-corrected chi connectivity index (χ1v) is 10.9. The van der Waals surface area contributed by atoms with Crippen LogP contribution in [-0.2, 0) is 14.3 Å². The van der Waals surface area contributed by atoms with Crippen molar-refractivity contribution in [3.63, 3.8) is 0 Å². The monoisotopic (exact) mass is 467 g/mol. The Morgan fingerprint density at radius 1 is 1.03 bits per heavy atom. The summed E-state index contributed by atoms with van der Waals surface area (Å²) in [6.07, 6.45) is -0.688. The molecule has 1 N–H and O–H groups in total. The Morgan fingerprint density at radius 2 is 1.65 bits per heavy atom. The molecule has 0 aliphatic rings. The summed E-state index contributed by atoms with van der Waals surface area (Å²) in [6, 6.07) is 5.06. The van der Waals surface area contributed by atoms with Crippen LogP contribution in [0.15, 0.2) is 18.2 Å². The normalized spacial score (nSPS) is 10.9. The van der Waals surface area contributed by atoms with E-state index in [2.05, 4.69) is 5.32 Å². The molecule has 0 aliphatic carbocycles. The maximum Gasteiger partial charge on any atom is 0.348 e. The molecule has 0 saturated heterocycles. The molecule has 1 amide bonds. The van der Waals surface area contributed by atoms with E-state index in [0.29, 0.717) is 16.3 Å². The molecule has 1 aromatic heterocycles. The Morgan fingerprint density at radius 3 is 2.23 bits per heavy atom. The van der Waals surface area contributed by atoms with Gasteiger partial charge in [-0.05, 0) is 70.9 Å². The molecule has 0 bridgehead atoms. The second-order valence-electron chi connectivity index (χ2n) is 7.42. The van der Waals surface area contributed by atoms with Crippen LogP contribution in [0.3, 0.4) is 0 Å². The zero-order valence-electron chi connectivity index (χ0n) is 18.3. The lowest BCUT2D eigenvalue weighted by Crippen LogP contribution is -2.22. The molecule has 1 aromatic carbocycles. The number of esters is 2. The molecule has 0 fully saturated rings. The molecule has 0 atom stereocenters. The summed E-state index contributed by atoms with van der Waals surface area (Å²) < 4.78 is 16.1. The van der Waals surface area contributed by atoms with Crippen LogP contribution in [0.4, 0.5) is 5.00 Å². The third kappa shape index (κ3) is 6.70. The number of thiophene rings is 1. The third-order valence-corrected chi connectivity index (χ3v) is 5.39. The molecule has 31 heavy (non-hydrogen) atoms. The van der Waals surface area contributed by atoms with Crippen molar-refractivity contribution in [1.82, 2.24) is 0 Å². The van der Waals surface area contributed by atoms with E-state index < -0.39 is 17.8 Å². The molecule has 1 heterocycles. The van der Waals surface area contributed by atoms with E-state index in [0.717, 1.165) is 16.9 Å². The molecule has 2 aromatic rings. The van der Waals surface area contributed by atoms with Gasteiger partial charge in [-0.15, -0.1) is 11.3 Å². The molecule has 0 saturated carbocycles. The average Bonchev–Trinajstić information content (AvgIpc) is 2.96. The molecule has 0 spiro atoms. The number of ether oxygens (including phenoxy) is 3. The van der Waals surface area contributed by atoms with Crippen LogP contribution in [0.2, 0.25) is 5.02 Å². The molecule has 0 radical (unpaired) electrons. The zero-order chi connectivity index (χ0) is 23.3. The number of carbonyl (C=O) groups excluding carboxylic acids is 3. The summed E-state index contributed by atoms with van der Waals surface area (Å²) in [5, 5.41) is 3.43. The van der Waals surface area contributed by atoms with E-state index in [1.165, 1.54) is 0 Å². The van der Waals surface area contributed by atoms with Crippen LogP contribution in [0.25, 0.3) is 0 Å². The van der Waals surface area contributed by atoms with E-state index in [1.54, 1.807) is 52.8 Å². The van der Waals surface area contributed by atoms with E-state index >= 15 is 0 Å². The summed E-state index contributed by atoms with van der Waals surface area (Å²) >= 11 is 6.90. The van der Waals surface area contributed by atoms with Crippen molar-refractivity contribution >= 4 is 45.8 Å². The van der Waals surface area contributed by atoms with Gasteiger partial charge >= 0.3 is 11.9 Å². The van der Waals surface area contributed by atoms with Gasteiger partial charge in [0.2, 0.25) is 0 Å². The minimum Gasteiger partial charge on any atom is -0.483 e. The van der Waals surface area contributed by atoms with Crippen LogP contribution in [0.1, 0.15) is 58.9 Å². The van der Waals surface area contributed by atoms with Crippen LogP contribution >= 0.6 is 22.9 Å². The number of hydrogen-bond donors (Lipinski definition) is 1. The number of nitrogens with one attached hydrogen (secondary N) is 1. The first-order chi connectivity index (χ1) is 14.5.